The number of carbonyl (C=O) groups excluding carboxylic acids is 1. The number of aliphatic hydroxyl groups is 1. The van der Waals surface area contributed by atoms with Gasteiger partial charge in [0.1, 0.15) is 0 Å². The lowest BCUT2D eigenvalue weighted by atomic mass is 10.1. The van der Waals surface area contributed by atoms with Gasteiger partial charge in [0, 0.05) is 39.1 Å². The van der Waals surface area contributed by atoms with Gasteiger partial charge < -0.3 is 5.11 Å². The molecule has 0 bridgehead atoms. The van der Waals surface area contributed by atoms with Crippen LogP contribution in [0.25, 0.3) is 0 Å². The zero-order chi connectivity index (χ0) is 13.5. The van der Waals surface area contributed by atoms with Crippen molar-refractivity contribution in [3.05, 3.63) is 35.9 Å². The molecule has 0 radical (unpaired) electrons. The molecule has 1 aromatic rings. The number of nitrogens with zero attached hydrogens (tertiary/aromatic N) is 2. The number of carbonyl (C=O) groups is 1. The molecule has 0 spiro atoms. The Balaban J connectivity index is 1.72. The largest absolute Gasteiger partial charge is 0.395 e. The van der Waals surface area contributed by atoms with Crippen molar-refractivity contribution in [1.82, 2.24) is 9.80 Å². The molecule has 1 aromatic carbocycles. The number of piperazine rings is 1. The summed E-state index contributed by atoms with van der Waals surface area (Å²) in [5, 5.41) is 8.88. The van der Waals surface area contributed by atoms with E-state index < -0.39 is 0 Å². The van der Waals surface area contributed by atoms with Crippen LogP contribution in [0.15, 0.2) is 30.3 Å². The highest BCUT2D eigenvalue weighted by molar-refractivity contribution is 5.82. The van der Waals surface area contributed by atoms with Crippen molar-refractivity contribution in [2.75, 3.05) is 45.9 Å². The molecule has 4 heteroatoms. The number of β-amino-alcohol motifs (C(OH)–C–C–N with tert-alkyl or cyclic N) is 1. The third-order valence-corrected chi connectivity index (χ3v) is 3.53. The molecule has 0 aliphatic carbocycles. The van der Waals surface area contributed by atoms with Crippen molar-refractivity contribution in [1.29, 1.82) is 0 Å². The fourth-order valence-electron chi connectivity index (χ4n) is 2.44. The van der Waals surface area contributed by atoms with E-state index in [9.17, 15) is 4.79 Å². The molecule has 2 rings (SSSR count). The van der Waals surface area contributed by atoms with Gasteiger partial charge in [-0.3, -0.25) is 14.6 Å². The molecule has 0 unspecified atom stereocenters. The van der Waals surface area contributed by atoms with Gasteiger partial charge in [-0.15, -0.1) is 0 Å². The Labute approximate surface area is 114 Å². The number of benzene rings is 1. The summed E-state index contributed by atoms with van der Waals surface area (Å²) in [6.45, 7) is 5.22. The van der Waals surface area contributed by atoms with Crippen LogP contribution in [-0.4, -0.2) is 66.6 Å². The average Bonchev–Trinajstić information content (AvgIpc) is 2.42. The number of hydrogen-bond donors (Lipinski definition) is 1. The Kier molecular flexibility index (Phi) is 5.51. The predicted molar refractivity (Wildman–Crippen MR) is 75.1 cm³/mol. The first-order valence-electron chi connectivity index (χ1n) is 6.89. The Hall–Kier alpha value is -1.23. The van der Waals surface area contributed by atoms with E-state index in [1.54, 1.807) is 0 Å². The second-order valence-electron chi connectivity index (χ2n) is 5.04. The van der Waals surface area contributed by atoms with Crippen LogP contribution in [0.3, 0.4) is 0 Å². The number of aliphatic hydroxyl groups excluding tert-OH is 1. The highest BCUT2D eigenvalue weighted by atomic mass is 16.3. The van der Waals surface area contributed by atoms with Crippen LogP contribution in [0.2, 0.25) is 0 Å². The van der Waals surface area contributed by atoms with E-state index in [0.717, 1.165) is 38.3 Å². The van der Waals surface area contributed by atoms with Crippen molar-refractivity contribution in [2.24, 2.45) is 0 Å². The van der Waals surface area contributed by atoms with E-state index in [-0.39, 0.29) is 12.4 Å². The standard InChI is InChI=1S/C15H22N2O2/c18-11-10-16-6-8-17(9-7-16)13-15(19)12-14-4-2-1-3-5-14/h1-5,18H,6-13H2. The van der Waals surface area contributed by atoms with E-state index in [0.29, 0.717) is 13.0 Å². The van der Waals surface area contributed by atoms with Crippen molar-refractivity contribution in [3.63, 3.8) is 0 Å². The zero-order valence-electron chi connectivity index (χ0n) is 11.3. The molecule has 1 fully saturated rings. The molecule has 1 N–H and O–H groups in total. The van der Waals surface area contributed by atoms with Crippen LogP contribution in [0, 0.1) is 0 Å². The second-order valence-corrected chi connectivity index (χ2v) is 5.04. The quantitative estimate of drug-likeness (QED) is 0.806. The van der Waals surface area contributed by atoms with Crippen LogP contribution < -0.4 is 0 Å². The molecule has 1 aliphatic heterocycles. The van der Waals surface area contributed by atoms with Crippen molar-refractivity contribution >= 4 is 5.78 Å². The Morgan fingerprint density at radius 2 is 1.68 bits per heavy atom. The summed E-state index contributed by atoms with van der Waals surface area (Å²) >= 11 is 0. The summed E-state index contributed by atoms with van der Waals surface area (Å²) in [6, 6.07) is 9.90. The maximum absolute atomic E-state index is 12.0. The van der Waals surface area contributed by atoms with E-state index in [2.05, 4.69) is 9.80 Å². The summed E-state index contributed by atoms with van der Waals surface area (Å²) in [7, 11) is 0. The third kappa shape index (κ3) is 4.74. The molecule has 0 saturated carbocycles. The molecule has 0 atom stereocenters. The lowest BCUT2D eigenvalue weighted by Crippen LogP contribution is -2.48. The monoisotopic (exact) mass is 262 g/mol. The van der Waals surface area contributed by atoms with Gasteiger partial charge in [0.2, 0.25) is 0 Å². The average molecular weight is 262 g/mol. The van der Waals surface area contributed by atoms with Gasteiger partial charge >= 0.3 is 0 Å². The molecular formula is C15H22N2O2. The molecule has 0 aromatic heterocycles. The van der Waals surface area contributed by atoms with Crippen molar-refractivity contribution in [3.8, 4) is 0 Å². The minimum atomic E-state index is 0.215. The van der Waals surface area contributed by atoms with Gasteiger partial charge in [0.05, 0.1) is 13.2 Å². The number of rotatable bonds is 6. The first-order valence-corrected chi connectivity index (χ1v) is 6.89. The molecule has 1 aliphatic rings. The zero-order valence-corrected chi connectivity index (χ0v) is 11.3. The molecular weight excluding hydrogens is 240 g/mol. The molecule has 0 amide bonds. The SMILES string of the molecule is O=C(Cc1ccccc1)CN1CCN(CCO)CC1. The normalized spacial score (nSPS) is 17.5. The molecule has 104 valence electrons. The Morgan fingerprint density at radius 1 is 1.05 bits per heavy atom. The van der Waals surface area contributed by atoms with E-state index in [1.165, 1.54) is 0 Å². The second kappa shape index (κ2) is 7.38. The first-order chi connectivity index (χ1) is 9.28. The van der Waals surface area contributed by atoms with Crippen LogP contribution in [0.4, 0.5) is 0 Å². The predicted octanol–water partition coefficient (Wildman–Crippen LogP) is 0.408. The summed E-state index contributed by atoms with van der Waals surface area (Å²) in [6.07, 6.45) is 0.525. The lowest BCUT2D eigenvalue weighted by Gasteiger charge is -2.33. The van der Waals surface area contributed by atoms with E-state index in [1.807, 2.05) is 30.3 Å². The van der Waals surface area contributed by atoms with Crippen LogP contribution in [0.5, 0.6) is 0 Å². The Morgan fingerprint density at radius 3 is 2.32 bits per heavy atom. The van der Waals surface area contributed by atoms with Gasteiger partial charge in [-0.05, 0) is 5.56 Å². The molecule has 1 saturated heterocycles. The van der Waals surface area contributed by atoms with Gasteiger partial charge in [-0.1, -0.05) is 30.3 Å². The third-order valence-electron chi connectivity index (χ3n) is 3.53. The number of hydrogen-bond acceptors (Lipinski definition) is 4. The van der Waals surface area contributed by atoms with Crippen LogP contribution in [-0.2, 0) is 11.2 Å². The van der Waals surface area contributed by atoms with Gasteiger partial charge in [0.15, 0.2) is 5.78 Å². The minimum absolute atomic E-state index is 0.215. The van der Waals surface area contributed by atoms with Crippen molar-refractivity contribution < 1.29 is 9.90 Å². The number of Topliss-reactive ketones (excluding diaryl/α,β-unsaturated/α-hetero) is 1. The van der Waals surface area contributed by atoms with Gasteiger partial charge in [-0.25, -0.2) is 0 Å². The smallest absolute Gasteiger partial charge is 0.151 e. The van der Waals surface area contributed by atoms with Crippen LogP contribution in [0.1, 0.15) is 5.56 Å². The highest BCUT2D eigenvalue weighted by Gasteiger charge is 2.18. The Bertz CT molecular complexity index is 386. The van der Waals surface area contributed by atoms with Gasteiger partial charge in [0.25, 0.3) is 0 Å². The maximum Gasteiger partial charge on any atom is 0.151 e. The fourth-order valence-corrected chi connectivity index (χ4v) is 2.44. The van der Waals surface area contributed by atoms with Gasteiger partial charge in [-0.2, -0.15) is 0 Å². The summed E-state index contributed by atoms with van der Waals surface area (Å²) in [5.74, 6) is 0.279. The fraction of sp³-hybridized carbons (Fsp3) is 0.533. The lowest BCUT2D eigenvalue weighted by molar-refractivity contribution is -0.120. The summed E-state index contributed by atoms with van der Waals surface area (Å²) < 4.78 is 0. The molecule has 19 heavy (non-hydrogen) atoms. The van der Waals surface area contributed by atoms with Crippen LogP contribution >= 0.6 is 0 Å². The summed E-state index contributed by atoms with van der Waals surface area (Å²) in [5.41, 5.74) is 1.09. The van der Waals surface area contributed by atoms with E-state index >= 15 is 0 Å². The van der Waals surface area contributed by atoms with Crippen molar-refractivity contribution in [2.45, 2.75) is 6.42 Å². The summed E-state index contributed by atoms with van der Waals surface area (Å²) in [4.78, 5) is 16.4. The maximum atomic E-state index is 12.0. The van der Waals surface area contributed by atoms with E-state index in [4.69, 9.17) is 5.11 Å². The first kappa shape index (κ1) is 14.2. The molecule has 4 nitrogen and oxygen atoms in total. The topological polar surface area (TPSA) is 43.8 Å². The minimum Gasteiger partial charge on any atom is -0.395 e. The number of ketones is 1. The molecule has 1 heterocycles. The highest BCUT2D eigenvalue weighted by Crippen LogP contribution is 2.04.